The van der Waals surface area contributed by atoms with Gasteiger partial charge in [-0.05, 0) is 18.6 Å². The molecule has 1 atom stereocenters. The second kappa shape index (κ2) is 3.55. The molecule has 1 unspecified atom stereocenters. The quantitative estimate of drug-likeness (QED) is 0.762. The maximum absolute atomic E-state index is 10.8. The summed E-state index contributed by atoms with van der Waals surface area (Å²) in [5.41, 5.74) is 2.09. The van der Waals surface area contributed by atoms with E-state index in [4.69, 9.17) is 9.84 Å². The molecule has 1 aromatic rings. The molecule has 4 nitrogen and oxygen atoms in total. The van der Waals surface area contributed by atoms with Crippen LogP contribution in [0.2, 0.25) is 0 Å². The third kappa shape index (κ3) is 1.57. The minimum absolute atomic E-state index is 0.484. The van der Waals surface area contributed by atoms with Crippen LogP contribution in [0.4, 0.5) is 0 Å². The summed E-state index contributed by atoms with van der Waals surface area (Å²) in [6, 6.07) is 3.58. The Balaban J connectivity index is 2.54. The first-order chi connectivity index (χ1) is 7.11. The van der Waals surface area contributed by atoms with Crippen LogP contribution >= 0.6 is 0 Å². The number of benzene rings is 1. The van der Waals surface area contributed by atoms with Crippen LogP contribution in [-0.4, -0.2) is 22.8 Å². The SMILES string of the molecule is Cc1ccc2c(c1C(O)C(=O)O)CCO2. The number of hydrogen-bond donors (Lipinski definition) is 2. The highest BCUT2D eigenvalue weighted by molar-refractivity contribution is 5.76. The van der Waals surface area contributed by atoms with Gasteiger partial charge in [0, 0.05) is 17.5 Å². The Morgan fingerprint density at radius 3 is 2.93 bits per heavy atom. The van der Waals surface area contributed by atoms with E-state index >= 15 is 0 Å². The van der Waals surface area contributed by atoms with Crippen molar-refractivity contribution < 1.29 is 19.7 Å². The van der Waals surface area contributed by atoms with Crippen LogP contribution in [0.15, 0.2) is 12.1 Å². The number of carboxylic acid groups (broad SMARTS) is 1. The molecule has 0 saturated heterocycles. The Morgan fingerprint density at radius 1 is 1.53 bits per heavy atom. The van der Waals surface area contributed by atoms with Crippen LogP contribution in [0.25, 0.3) is 0 Å². The largest absolute Gasteiger partial charge is 0.493 e. The Hall–Kier alpha value is -1.55. The van der Waals surface area contributed by atoms with Gasteiger partial charge >= 0.3 is 5.97 Å². The minimum atomic E-state index is -1.46. The van der Waals surface area contributed by atoms with Crippen molar-refractivity contribution in [2.24, 2.45) is 0 Å². The average molecular weight is 208 g/mol. The summed E-state index contributed by atoms with van der Waals surface area (Å²) >= 11 is 0. The van der Waals surface area contributed by atoms with Crippen molar-refractivity contribution in [3.05, 3.63) is 28.8 Å². The number of aliphatic hydroxyl groups excluding tert-OH is 1. The van der Waals surface area contributed by atoms with Gasteiger partial charge in [-0.15, -0.1) is 0 Å². The van der Waals surface area contributed by atoms with Crippen molar-refractivity contribution in [2.75, 3.05) is 6.61 Å². The van der Waals surface area contributed by atoms with Gasteiger partial charge in [-0.1, -0.05) is 6.07 Å². The molecule has 0 fully saturated rings. The number of ether oxygens (including phenoxy) is 1. The molecule has 1 aromatic carbocycles. The molecule has 1 heterocycles. The molecule has 0 aromatic heterocycles. The fourth-order valence-corrected chi connectivity index (χ4v) is 1.92. The highest BCUT2D eigenvalue weighted by Crippen LogP contribution is 2.34. The zero-order valence-corrected chi connectivity index (χ0v) is 8.36. The van der Waals surface area contributed by atoms with Crippen LogP contribution in [0.1, 0.15) is 22.8 Å². The van der Waals surface area contributed by atoms with Gasteiger partial charge in [-0.2, -0.15) is 0 Å². The molecular formula is C11H12O4. The third-order valence-electron chi connectivity index (χ3n) is 2.65. The molecule has 0 spiro atoms. The van der Waals surface area contributed by atoms with Crippen LogP contribution in [0, 0.1) is 6.92 Å². The van der Waals surface area contributed by atoms with Crippen LogP contribution in [-0.2, 0) is 11.2 Å². The van der Waals surface area contributed by atoms with Gasteiger partial charge in [0.05, 0.1) is 6.61 Å². The van der Waals surface area contributed by atoms with Gasteiger partial charge < -0.3 is 14.9 Å². The van der Waals surface area contributed by atoms with Crippen molar-refractivity contribution in [3.8, 4) is 5.75 Å². The number of fused-ring (bicyclic) bond motifs is 1. The van der Waals surface area contributed by atoms with Gasteiger partial charge in [0.25, 0.3) is 0 Å². The third-order valence-corrected chi connectivity index (χ3v) is 2.65. The molecular weight excluding hydrogens is 196 g/mol. The number of aliphatic carboxylic acids is 1. The molecule has 4 heteroatoms. The summed E-state index contributed by atoms with van der Waals surface area (Å²) in [4.78, 5) is 10.8. The van der Waals surface area contributed by atoms with E-state index in [-0.39, 0.29) is 0 Å². The smallest absolute Gasteiger partial charge is 0.337 e. The summed E-state index contributed by atoms with van der Waals surface area (Å²) in [7, 11) is 0. The summed E-state index contributed by atoms with van der Waals surface area (Å²) in [5, 5.41) is 18.4. The van der Waals surface area contributed by atoms with E-state index < -0.39 is 12.1 Å². The first-order valence-corrected chi connectivity index (χ1v) is 4.77. The number of carboxylic acids is 1. The van der Waals surface area contributed by atoms with Gasteiger partial charge in [-0.25, -0.2) is 4.79 Å². The van der Waals surface area contributed by atoms with Crippen molar-refractivity contribution in [2.45, 2.75) is 19.4 Å². The van der Waals surface area contributed by atoms with E-state index in [9.17, 15) is 9.90 Å². The highest BCUT2D eigenvalue weighted by atomic mass is 16.5. The van der Waals surface area contributed by atoms with Crippen LogP contribution in [0.5, 0.6) is 5.75 Å². The van der Waals surface area contributed by atoms with E-state index in [1.807, 2.05) is 6.07 Å². The number of carbonyl (C=O) groups is 1. The van der Waals surface area contributed by atoms with E-state index in [0.717, 1.165) is 11.1 Å². The van der Waals surface area contributed by atoms with Crippen molar-refractivity contribution in [1.29, 1.82) is 0 Å². The summed E-state index contributed by atoms with van der Waals surface area (Å²) in [5.74, 6) is -0.533. The lowest BCUT2D eigenvalue weighted by molar-refractivity contribution is -0.147. The zero-order valence-electron chi connectivity index (χ0n) is 8.36. The second-order valence-electron chi connectivity index (χ2n) is 3.61. The van der Waals surface area contributed by atoms with Crippen molar-refractivity contribution in [3.63, 3.8) is 0 Å². The number of aryl methyl sites for hydroxylation is 1. The average Bonchev–Trinajstić information content (AvgIpc) is 2.64. The van der Waals surface area contributed by atoms with E-state index in [1.165, 1.54) is 0 Å². The van der Waals surface area contributed by atoms with Crippen molar-refractivity contribution in [1.82, 2.24) is 0 Å². The molecule has 0 radical (unpaired) electrons. The molecule has 80 valence electrons. The highest BCUT2D eigenvalue weighted by Gasteiger charge is 2.26. The molecule has 0 bridgehead atoms. The summed E-state index contributed by atoms with van der Waals surface area (Å²) in [6.45, 7) is 2.35. The fourth-order valence-electron chi connectivity index (χ4n) is 1.92. The number of hydrogen-bond acceptors (Lipinski definition) is 3. The van der Waals surface area contributed by atoms with Gasteiger partial charge in [-0.3, -0.25) is 0 Å². The standard InChI is InChI=1S/C11H12O4/c1-6-2-3-8-7(4-5-15-8)9(6)10(12)11(13)14/h2-3,10,12H,4-5H2,1H3,(H,13,14). The maximum atomic E-state index is 10.8. The number of aliphatic hydroxyl groups is 1. The normalized spacial score (nSPS) is 15.6. The van der Waals surface area contributed by atoms with Gasteiger partial charge in [0.15, 0.2) is 6.10 Å². The monoisotopic (exact) mass is 208 g/mol. The van der Waals surface area contributed by atoms with E-state index in [2.05, 4.69) is 0 Å². The maximum Gasteiger partial charge on any atom is 0.337 e. The molecule has 0 aliphatic carbocycles. The minimum Gasteiger partial charge on any atom is -0.493 e. The first-order valence-electron chi connectivity index (χ1n) is 4.77. The molecule has 0 amide bonds. The van der Waals surface area contributed by atoms with Gasteiger partial charge in [0.2, 0.25) is 0 Å². The summed E-state index contributed by atoms with van der Waals surface area (Å²) < 4.78 is 5.32. The molecule has 2 rings (SSSR count). The zero-order chi connectivity index (χ0) is 11.0. The Labute approximate surface area is 87.1 Å². The molecule has 15 heavy (non-hydrogen) atoms. The lowest BCUT2D eigenvalue weighted by Crippen LogP contribution is -2.13. The first kappa shape index (κ1) is 9.98. The topological polar surface area (TPSA) is 66.8 Å². The van der Waals surface area contributed by atoms with Crippen molar-refractivity contribution >= 4 is 5.97 Å². The second-order valence-corrected chi connectivity index (χ2v) is 3.61. The van der Waals surface area contributed by atoms with Crippen LogP contribution < -0.4 is 4.74 Å². The predicted octanol–water partition coefficient (Wildman–Crippen LogP) is 1.05. The lowest BCUT2D eigenvalue weighted by atomic mass is 9.95. The molecule has 2 N–H and O–H groups in total. The lowest BCUT2D eigenvalue weighted by Gasteiger charge is -2.13. The summed E-state index contributed by atoms with van der Waals surface area (Å²) in [6.07, 6.45) is -0.793. The number of rotatable bonds is 2. The fraction of sp³-hybridized carbons (Fsp3) is 0.364. The molecule has 0 saturated carbocycles. The van der Waals surface area contributed by atoms with E-state index in [1.54, 1.807) is 13.0 Å². The predicted molar refractivity (Wildman–Crippen MR) is 53.0 cm³/mol. The molecule has 1 aliphatic heterocycles. The van der Waals surface area contributed by atoms with Gasteiger partial charge in [0.1, 0.15) is 5.75 Å². The Kier molecular flexibility index (Phi) is 2.36. The molecule has 1 aliphatic rings. The Bertz CT molecular complexity index is 411. The van der Waals surface area contributed by atoms with Crippen LogP contribution in [0.3, 0.4) is 0 Å². The van der Waals surface area contributed by atoms with E-state index in [0.29, 0.717) is 24.3 Å². The Morgan fingerprint density at radius 2 is 2.27 bits per heavy atom.